The van der Waals surface area contributed by atoms with Gasteiger partial charge in [-0.1, -0.05) is 56.3 Å². The van der Waals surface area contributed by atoms with Gasteiger partial charge in [-0.25, -0.2) is 0 Å². The van der Waals surface area contributed by atoms with Crippen LogP contribution in [0.25, 0.3) is 21.9 Å². The van der Waals surface area contributed by atoms with Crippen LogP contribution in [0.2, 0.25) is 5.02 Å². The van der Waals surface area contributed by atoms with E-state index in [4.69, 9.17) is 16.3 Å². The van der Waals surface area contributed by atoms with Crippen LogP contribution in [0.3, 0.4) is 0 Å². The zero-order chi connectivity index (χ0) is 25.6. The summed E-state index contributed by atoms with van der Waals surface area (Å²) in [5, 5.41) is 12.7. The molecule has 0 radical (unpaired) electrons. The minimum Gasteiger partial charge on any atom is -0.508 e. The predicted molar refractivity (Wildman–Crippen MR) is 143 cm³/mol. The van der Waals surface area contributed by atoms with E-state index in [1.54, 1.807) is 28.0 Å². The summed E-state index contributed by atoms with van der Waals surface area (Å²) in [4.78, 5) is 28.8. The molecule has 3 aromatic carbocycles. The molecule has 2 aliphatic rings. The molecule has 0 saturated carbocycles. The summed E-state index contributed by atoms with van der Waals surface area (Å²) in [6, 6.07) is 14.9. The van der Waals surface area contributed by atoms with Crippen LogP contribution in [0, 0.1) is 11.8 Å². The number of ether oxygens (including phenoxy) is 1. The predicted octanol–water partition coefficient (Wildman–Crippen LogP) is 5.65. The van der Waals surface area contributed by atoms with Crippen molar-refractivity contribution in [3.63, 3.8) is 0 Å². The summed E-state index contributed by atoms with van der Waals surface area (Å²) in [7, 11) is 0. The molecule has 0 bridgehead atoms. The Kier molecular flexibility index (Phi) is 6.39. The Hall–Kier alpha value is -3.51. The second kappa shape index (κ2) is 9.51. The lowest BCUT2D eigenvalue weighted by atomic mass is 9.94. The Morgan fingerprint density at radius 1 is 1.19 bits per heavy atom. The van der Waals surface area contributed by atoms with Crippen molar-refractivity contribution in [2.24, 2.45) is 11.8 Å². The fraction of sp³-hybridized carbons (Fsp3) is 0.310. The molecule has 6 nitrogen and oxygen atoms in total. The number of rotatable bonds is 6. The van der Waals surface area contributed by atoms with Crippen molar-refractivity contribution in [3.05, 3.63) is 66.2 Å². The van der Waals surface area contributed by atoms with Gasteiger partial charge in [-0.2, -0.15) is 0 Å². The minimum absolute atomic E-state index is 0.0867. The molecule has 186 valence electrons. The van der Waals surface area contributed by atoms with Gasteiger partial charge in [0.1, 0.15) is 11.5 Å². The van der Waals surface area contributed by atoms with E-state index >= 15 is 0 Å². The lowest BCUT2D eigenvalue weighted by molar-refractivity contribution is -0.132. The topological polar surface area (TPSA) is 70.1 Å². The highest BCUT2D eigenvalue weighted by molar-refractivity contribution is 6.34. The molecule has 2 aliphatic heterocycles. The number of anilines is 1. The van der Waals surface area contributed by atoms with Gasteiger partial charge in [-0.3, -0.25) is 9.59 Å². The van der Waals surface area contributed by atoms with Crippen molar-refractivity contribution in [3.8, 4) is 22.6 Å². The molecule has 36 heavy (non-hydrogen) atoms. The summed E-state index contributed by atoms with van der Waals surface area (Å²) < 4.78 is 6.26. The molecule has 1 unspecified atom stereocenters. The molecular formula is C29H29ClN2O4. The zero-order valence-corrected chi connectivity index (χ0v) is 21.2. The number of hydrogen-bond donors (Lipinski definition) is 1. The molecular weight excluding hydrogens is 476 g/mol. The zero-order valence-electron chi connectivity index (χ0n) is 20.4. The van der Waals surface area contributed by atoms with Gasteiger partial charge in [0, 0.05) is 31.1 Å². The first kappa shape index (κ1) is 24.2. The number of likely N-dealkylation sites (tertiary alicyclic amines) is 1. The molecule has 3 aromatic rings. The van der Waals surface area contributed by atoms with Gasteiger partial charge in [0.25, 0.3) is 5.91 Å². The summed E-state index contributed by atoms with van der Waals surface area (Å²) in [6.45, 7) is 9.32. The van der Waals surface area contributed by atoms with Crippen molar-refractivity contribution < 1.29 is 19.4 Å². The Bertz CT molecular complexity index is 1360. The third-order valence-corrected chi connectivity index (χ3v) is 7.17. The van der Waals surface area contributed by atoms with E-state index in [2.05, 4.69) is 20.4 Å². The number of halogens is 1. The second-order valence-corrected chi connectivity index (χ2v) is 10.4. The average molecular weight is 505 g/mol. The van der Waals surface area contributed by atoms with Crippen LogP contribution in [0.5, 0.6) is 11.5 Å². The SMILES string of the molecule is C=CC(=O)N1CC(CN2C(=O)C(CC(C)C)Oc3cc(-c4cc(O)cc5ccccc45)c(Cl)cc32)C1. The second-order valence-electron chi connectivity index (χ2n) is 10.0. The van der Waals surface area contributed by atoms with Gasteiger partial charge >= 0.3 is 0 Å². The number of hydrogen-bond acceptors (Lipinski definition) is 4. The first-order valence-corrected chi connectivity index (χ1v) is 12.6. The van der Waals surface area contributed by atoms with Crippen molar-refractivity contribution in [1.29, 1.82) is 0 Å². The summed E-state index contributed by atoms with van der Waals surface area (Å²) in [5.41, 5.74) is 2.15. The molecule has 1 saturated heterocycles. The number of carbonyl (C=O) groups excluding carboxylic acids is 2. The molecule has 7 heteroatoms. The molecule has 0 aromatic heterocycles. The lowest BCUT2D eigenvalue weighted by Gasteiger charge is -2.43. The van der Waals surface area contributed by atoms with Crippen molar-refractivity contribution in [1.82, 2.24) is 4.90 Å². The number of fused-ring (bicyclic) bond motifs is 2. The standard InChI is InChI=1S/C29H29ClN2O4/c1-4-28(34)31-14-18(15-31)16-32-25-13-24(30)23(12-26(25)36-27(29(32)35)9-17(2)3)22-11-20(33)10-19-7-5-6-8-21(19)22/h4-8,10-13,17-18,27,33H,1,9,14-16H2,2-3H3. The van der Waals surface area contributed by atoms with Crippen LogP contribution in [0.15, 0.2) is 61.2 Å². The number of carbonyl (C=O) groups is 2. The van der Waals surface area contributed by atoms with Gasteiger partial charge in [-0.05, 0) is 59.0 Å². The minimum atomic E-state index is -0.599. The van der Waals surface area contributed by atoms with Crippen molar-refractivity contribution in [2.45, 2.75) is 26.4 Å². The van der Waals surface area contributed by atoms with Gasteiger partial charge in [0.05, 0.1) is 10.7 Å². The summed E-state index contributed by atoms with van der Waals surface area (Å²) in [5.74, 6) is 0.993. The number of benzene rings is 3. The lowest BCUT2D eigenvalue weighted by Crippen LogP contribution is -2.56. The molecule has 0 aliphatic carbocycles. The van der Waals surface area contributed by atoms with Gasteiger partial charge in [0.2, 0.25) is 5.91 Å². The Labute approximate surface area is 215 Å². The Morgan fingerprint density at radius 2 is 1.94 bits per heavy atom. The molecule has 1 atom stereocenters. The van der Waals surface area contributed by atoms with Crippen molar-refractivity contribution in [2.75, 3.05) is 24.5 Å². The Morgan fingerprint density at radius 3 is 2.67 bits per heavy atom. The quantitative estimate of drug-likeness (QED) is 0.440. The molecule has 1 N–H and O–H groups in total. The van der Waals surface area contributed by atoms with E-state index in [9.17, 15) is 14.7 Å². The maximum Gasteiger partial charge on any atom is 0.268 e. The summed E-state index contributed by atoms with van der Waals surface area (Å²) >= 11 is 6.81. The normalized spacial score (nSPS) is 17.7. The van der Waals surface area contributed by atoms with Gasteiger partial charge in [-0.15, -0.1) is 0 Å². The molecule has 2 heterocycles. The van der Waals surface area contributed by atoms with Gasteiger partial charge < -0.3 is 19.6 Å². The van der Waals surface area contributed by atoms with E-state index in [1.165, 1.54) is 6.08 Å². The van der Waals surface area contributed by atoms with E-state index < -0.39 is 6.10 Å². The van der Waals surface area contributed by atoms with Crippen LogP contribution in [-0.2, 0) is 9.59 Å². The maximum atomic E-state index is 13.5. The van der Waals surface area contributed by atoms with Crippen LogP contribution in [0.1, 0.15) is 20.3 Å². The molecule has 1 fully saturated rings. The van der Waals surface area contributed by atoms with Crippen molar-refractivity contribution >= 4 is 39.9 Å². The van der Waals surface area contributed by atoms with Crippen LogP contribution >= 0.6 is 11.6 Å². The van der Waals surface area contributed by atoms with E-state index in [1.807, 2.05) is 30.3 Å². The highest BCUT2D eigenvalue weighted by Gasteiger charge is 2.39. The first-order valence-electron chi connectivity index (χ1n) is 12.2. The van der Waals surface area contributed by atoms with Crippen LogP contribution < -0.4 is 9.64 Å². The van der Waals surface area contributed by atoms with Crippen LogP contribution in [-0.4, -0.2) is 47.6 Å². The number of nitrogens with zero attached hydrogens (tertiary/aromatic N) is 2. The van der Waals surface area contributed by atoms with Gasteiger partial charge in [0.15, 0.2) is 6.10 Å². The third kappa shape index (κ3) is 4.42. The van der Waals surface area contributed by atoms with E-state index in [0.717, 1.165) is 21.9 Å². The highest BCUT2D eigenvalue weighted by atomic mass is 35.5. The largest absolute Gasteiger partial charge is 0.508 e. The van der Waals surface area contributed by atoms with Crippen LogP contribution in [0.4, 0.5) is 5.69 Å². The third-order valence-electron chi connectivity index (χ3n) is 6.86. The average Bonchev–Trinajstić information content (AvgIpc) is 2.81. The first-order chi connectivity index (χ1) is 17.2. The number of phenols is 1. The number of amides is 2. The fourth-order valence-electron chi connectivity index (χ4n) is 5.09. The molecule has 2 amide bonds. The van der Waals surface area contributed by atoms with E-state index in [-0.39, 0.29) is 29.4 Å². The fourth-order valence-corrected chi connectivity index (χ4v) is 5.35. The number of phenolic OH excluding ortho intramolecular Hbond substituents is 1. The summed E-state index contributed by atoms with van der Waals surface area (Å²) in [6.07, 6.45) is 1.31. The Balaban J connectivity index is 1.54. The maximum absolute atomic E-state index is 13.5. The molecule has 5 rings (SSSR count). The smallest absolute Gasteiger partial charge is 0.268 e. The number of aromatic hydroxyl groups is 1. The van der Waals surface area contributed by atoms with E-state index in [0.29, 0.717) is 42.5 Å². The highest BCUT2D eigenvalue weighted by Crippen LogP contribution is 2.45. The molecule has 0 spiro atoms. The monoisotopic (exact) mass is 504 g/mol.